The van der Waals surface area contributed by atoms with Crippen molar-refractivity contribution in [3.63, 3.8) is 0 Å². The zero-order chi connectivity index (χ0) is 13.2. The Morgan fingerprint density at radius 3 is 3.00 bits per heavy atom. The van der Waals surface area contributed by atoms with E-state index >= 15 is 0 Å². The molecule has 100 valence electrons. The first-order valence-corrected chi connectivity index (χ1v) is 8.67. The molecule has 0 bridgehead atoms. The highest BCUT2D eigenvalue weighted by Gasteiger charge is 2.27. The van der Waals surface area contributed by atoms with Crippen molar-refractivity contribution in [1.29, 1.82) is 0 Å². The molecule has 2 rings (SSSR count). The van der Waals surface area contributed by atoms with Crippen LogP contribution in [0.4, 0.5) is 0 Å². The number of nitrogens with one attached hydrogen (secondary N) is 1. The second kappa shape index (κ2) is 6.09. The van der Waals surface area contributed by atoms with Gasteiger partial charge in [0.25, 0.3) is 0 Å². The molecule has 0 fully saturated rings. The van der Waals surface area contributed by atoms with Crippen LogP contribution < -0.4 is 5.32 Å². The number of thioether (sulfide) groups is 2. The van der Waals surface area contributed by atoms with E-state index in [2.05, 4.69) is 59.7 Å². The minimum atomic E-state index is 0.0767. The van der Waals surface area contributed by atoms with E-state index in [1.807, 2.05) is 18.0 Å². The van der Waals surface area contributed by atoms with Crippen LogP contribution in [-0.2, 0) is 4.74 Å². The molecule has 6 heteroatoms. The number of nitrogens with zero attached hydrogens (tertiary/aromatic N) is 1. The summed E-state index contributed by atoms with van der Waals surface area (Å²) >= 11 is 5.84. The van der Waals surface area contributed by atoms with Gasteiger partial charge in [-0.1, -0.05) is 32.5 Å². The number of hydrogen-bond donors (Lipinski definition) is 1. The molecule has 1 atom stereocenters. The summed E-state index contributed by atoms with van der Waals surface area (Å²) < 4.78 is 8.34. The van der Waals surface area contributed by atoms with E-state index in [-0.39, 0.29) is 11.6 Å². The predicted molar refractivity (Wildman–Crippen MR) is 90.0 cm³/mol. The van der Waals surface area contributed by atoms with Crippen LogP contribution in [0.3, 0.4) is 0 Å². The first kappa shape index (κ1) is 14.6. The number of aliphatic imine (C=N–C) groups is 1. The van der Waals surface area contributed by atoms with Crippen molar-refractivity contribution in [2.45, 2.75) is 27.0 Å². The SMILES string of the molecule is CC(C)(C)C1=CNC(CSC2=CCN=C(I)S2)O1. The van der Waals surface area contributed by atoms with Gasteiger partial charge in [0.15, 0.2) is 6.23 Å². The lowest BCUT2D eigenvalue weighted by molar-refractivity contribution is 0.108. The third-order valence-electron chi connectivity index (χ3n) is 2.44. The average Bonchev–Trinajstić information content (AvgIpc) is 2.74. The largest absolute Gasteiger partial charge is 0.472 e. The van der Waals surface area contributed by atoms with Crippen molar-refractivity contribution in [2.24, 2.45) is 10.4 Å². The number of rotatable bonds is 3. The van der Waals surface area contributed by atoms with Gasteiger partial charge in [-0.2, -0.15) is 0 Å². The van der Waals surface area contributed by atoms with Crippen LogP contribution in [0.5, 0.6) is 0 Å². The Morgan fingerprint density at radius 1 is 1.61 bits per heavy atom. The van der Waals surface area contributed by atoms with E-state index < -0.39 is 0 Å². The summed E-state index contributed by atoms with van der Waals surface area (Å²) in [4.78, 5) is 4.32. The third-order valence-corrected chi connectivity index (χ3v) is 5.64. The third kappa shape index (κ3) is 4.09. The summed E-state index contributed by atoms with van der Waals surface area (Å²) in [5, 5.41) is 3.29. The monoisotopic (exact) mass is 396 g/mol. The molecule has 0 spiro atoms. The average molecular weight is 396 g/mol. The Labute approximate surface area is 130 Å². The highest BCUT2D eigenvalue weighted by molar-refractivity contribution is 14.1. The van der Waals surface area contributed by atoms with E-state index in [9.17, 15) is 0 Å². The molecule has 0 aromatic rings. The molecule has 0 saturated carbocycles. The highest BCUT2D eigenvalue weighted by atomic mass is 127. The molecule has 0 aliphatic carbocycles. The topological polar surface area (TPSA) is 33.6 Å². The zero-order valence-corrected chi connectivity index (χ0v) is 14.5. The fourth-order valence-corrected chi connectivity index (χ4v) is 4.63. The second-order valence-corrected chi connectivity index (χ2v) is 9.17. The van der Waals surface area contributed by atoms with Crippen LogP contribution in [0.2, 0.25) is 0 Å². The number of hydrogen-bond acceptors (Lipinski definition) is 5. The van der Waals surface area contributed by atoms with Crippen molar-refractivity contribution >= 4 is 49.2 Å². The van der Waals surface area contributed by atoms with Crippen molar-refractivity contribution in [2.75, 3.05) is 12.3 Å². The van der Waals surface area contributed by atoms with Crippen LogP contribution >= 0.6 is 46.1 Å². The Kier molecular flexibility index (Phi) is 4.93. The predicted octanol–water partition coefficient (Wildman–Crippen LogP) is 3.93. The van der Waals surface area contributed by atoms with Gasteiger partial charge in [-0.3, -0.25) is 4.99 Å². The molecule has 0 radical (unpaired) electrons. The summed E-state index contributed by atoms with van der Waals surface area (Å²) in [5.41, 5.74) is 0.0767. The molecule has 2 heterocycles. The summed E-state index contributed by atoms with van der Waals surface area (Å²) in [6.07, 6.45) is 4.26. The Hall–Kier alpha value is 0.180. The molecule has 0 amide bonds. The molecule has 18 heavy (non-hydrogen) atoms. The van der Waals surface area contributed by atoms with Gasteiger partial charge in [-0.05, 0) is 28.7 Å². The van der Waals surface area contributed by atoms with Crippen LogP contribution in [0, 0.1) is 5.41 Å². The molecule has 2 aliphatic rings. The maximum absolute atomic E-state index is 5.90. The van der Waals surface area contributed by atoms with E-state index in [0.717, 1.165) is 21.1 Å². The van der Waals surface area contributed by atoms with Gasteiger partial charge in [0.05, 0.1) is 12.3 Å². The van der Waals surface area contributed by atoms with Crippen molar-refractivity contribution in [3.05, 3.63) is 22.3 Å². The Morgan fingerprint density at radius 2 is 2.39 bits per heavy atom. The van der Waals surface area contributed by atoms with E-state index in [1.54, 1.807) is 11.8 Å². The molecule has 0 aromatic heterocycles. The van der Waals surface area contributed by atoms with Gasteiger partial charge in [-0.15, -0.1) is 11.8 Å². The second-order valence-electron chi connectivity index (χ2n) is 5.06. The standard InChI is InChI=1S/C12H17IN2OS2/c1-12(2,3)8-6-15-9(16-8)7-17-10-4-5-14-11(13)18-10/h4,6,9,15H,5,7H2,1-3H3. The van der Waals surface area contributed by atoms with E-state index in [4.69, 9.17) is 4.74 Å². The quantitative estimate of drug-likeness (QED) is 0.733. The first-order chi connectivity index (χ1) is 8.45. The number of ether oxygens (including phenoxy) is 1. The molecule has 1 N–H and O–H groups in total. The molecule has 2 aliphatic heterocycles. The summed E-state index contributed by atoms with van der Waals surface area (Å²) in [6.45, 7) is 7.29. The lowest BCUT2D eigenvalue weighted by atomic mass is 9.95. The Balaban J connectivity index is 1.76. The van der Waals surface area contributed by atoms with E-state index in [0.29, 0.717) is 0 Å². The zero-order valence-electron chi connectivity index (χ0n) is 10.7. The summed E-state index contributed by atoms with van der Waals surface area (Å²) in [5.74, 6) is 1.95. The van der Waals surface area contributed by atoms with Crippen LogP contribution in [-0.4, -0.2) is 21.6 Å². The summed E-state index contributed by atoms with van der Waals surface area (Å²) in [7, 11) is 0. The van der Waals surface area contributed by atoms with Gasteiger partial charge in [0.2, 0.25) is 0 Å². The number of halogens is 1. The fourth-order valence-electron chi connectivity index (χ4n) is 1.46. The smallest absolute Gasteiger partial charge is 0.178 e. The van der Waals surface area contributed by atoms with Crippen molar-refractivity contribution in [3.8, 4) is 0 Å². The first-order valence-electron chi connectivity index (χ1n) is 5.79. The molecule has 1 unspecified atom stereocenters. The minimum Gasteiger partial charge on any atom is -0.472 e. The van der Waals surface area contributed by atoms with E-state index in [1.165, 1.54) is 4.24 Å². The highest BCUT2D eigenvalue weighted by Crippen LogP contribution is 2.36. The van der Waals surface area contributed by atoms with Crippen LogP contribution in [0.15, 0.2) is 27.3 Å². The molecule has 3 nitrogen and oxygen atoms in total. The lowest BCUT2D eigenvalue weighted by Gasteiger charge is -2.21. The van der Waals surface area contributed by atoms with Crippen LogP contribution in [0.1, 0.15) is 20.8 Å². The van der Waals surface area contributed by atoms with Gasteiger partial charge in [0, 0.05) is 15.9 Å². The molecule has 0 aromatic carbocycles. The number of allylic oxidation sites excluding steroid dienone is 1. The van der Waals surface area contributed by atoms with Gasteiger partial charge in [-0.25, -0.2) is 0 Å². The maximum Gasteiger partial charge on any atom is 0.178 e. The molecular weight excluding hydrogens is 379 g/mol. The van der Waals surface area contributed by atoms with Crippen LogP contribution in [0.25, 0.3) is 0 Å². The van der Waals surface area contributed by atoms with Gasteiger partial charge >= 0.3 is 0 Å². The normalized spacial score (nSPS) is 23.8. The lowest BCUT2D eigenvalue weighted by Crippen LogP contribution is -2.24. The summed E-state index contributed by atoms with van der Waals surface area (Å²) in [6, 6.07) is 0. The molecule has 0 saturated heterocycles. The minimum absolute atomic E-state index is 0.0767. The Bertz CT molecular complexity index is 413. The van der Waals surface area contributed by atoms with Gasteiger partial charge < -0.3 is 10.1 Å². The maximum atomic E-state index is 5.90. The van der Waals surface area contributed by atoms with Crippen molar-refractivity contribution < 1.29 is 4.74 Å². The fraction of sp³-hybridized carbons (Fsp3) is 0.583. The van der Waals surface area contributed by atoms with Crippen molar-refractivity contribution in [1.82, 2.24) is 5.32 Å². The van der Waals surface area contributed by atoms with Gasteiger partial charge in [0.1, 0.15) is 8.81 Å². The molecular formula is C12H17IN2OS2.